The van der Waals surface area contributed by atoms with Crippen molar-refractivity contribution in [1.29, 1.82) is 0 Å². The maximum Gasteiger partial charge on any atom is 0.382 e. The van der Waals surface area contributed by atoms with Gasteiger partial charge in [0.1, 0.15) is 0 Å². The van der Waals surface area contributed by atoms with Gasteiger partial charge >= 0.3 is 11.9 Å². The third-order valence-corrected chi connectivity index (χ3v) is 3.04. The van der Waals surface area contributed by atoms with Gasteiger partial charge in [-0.2, -0.15) is 8.78 Å². The second kappa shape index (κ2) is 5.13. The van der Waals surface area contributed by atoms with Crippen LogP contribution in [-0.4, -0.2) is 12.6 Å². The molecule has 2 rings (SSSR count). The number of hydrogen-bond donors (Lipinski definition) is 0. The standard InChI is InChI=1S/C14H11ClF2O2/c1-2-19-13(18)14(16,17)10-7-3-5-9-6-4-8-11(15)12(9)10/h3-8H,2H2,1H3. The normalized spacial score (nSPS) is 11.6. The van der Waals surface area contributed by atoms with Gasteiger partial charge < -0.3 is 4.74 Å². The molecule has 2 aromatic carbocycles. The topological polar surface area (TPSA) is 26.3 Å². The predicted octanol–water partition coefficient (Wildman–Crippen LogP) is 4.15. The molecule has 0 aliphatic rings. The van der Waals surface area contributed by atoms with Gasteiger partial charge in [-0.25, -0.2) is 4.79 Å². The van der Waals surface area contributed by atoms with Crippen molar-refractivity contribution in [2.75, 3.05) is 6.61 Å². The molecule has 0 atom stereocenters. The highest BCUT2D eigenvalue weighted by Gasteiger charge is 2.44. The molecule has 0 N–H and O–H groups in total. The van der Waals surface area contributed by atoms with Gasteiger partial charge in [0.05, 0.1) is 6.61 Å². The average Bonchev–Trinajstić information content (AvgIpc) is 2.38. The van der Waals surface area contributed by atoms with Gasteiger partial charge in [0.15, 0.2) is 0 Å². The van der Waals surface area contributed by atoms with Crippen LogP contribution in [0, 0.1) is 0 Å². The minimum atomic E-state index is -3.72. The molecule has 0 saturated carbocycles. The Bertz CT molecular complexity index is 621. The van der Waals surface area contributed by atoms with Crippen molar-refractivity contribution in [2.45, 2.75) is 12.8 Å². The van der Waals surface area contributed by atoms with Crippen molar-refractivity contribution in [3.8, 4) is 0 Å². The largest absolute Gasteiger partial charge is 0.461 e. The Kier molecular flexibility index (Phi) is 3.71. The van der Waals surface area contributed by atoms with Crippen LogP contribution in [0.4, 0.5) is 8.78 Å². The first-order chi connectivity index (χ1) is 8.98. The molecule has 0 aromatic heterocycles. The van der Waals surface area contributed by atoms with E-state index in [0.717, 1.165) is 0 Å². The number of carbonyl (C=O) groups excluding carboxylic acids is 1. The molecule has 0 bridgehead atoms. The van der Waals surface area contributed by atoms with Gasteiger partial charge in [0, 0.05) is 16.0 Å². The van der Waals surface area contributed by atoms with Crippen LogP contribution in [0.1, 0.15) is 12.5 Å². The van der Waals surface area contributed by atoms with E-state index in [4.69, 9.17) is 11.6 Å². The summed E-state index contributed by atoms with van der Waals surface area (Å²) in [6, 6.07) is 9.13. The first-order valence-electron chi connectivity index (χ1n) is 5.71. The third kappa shape index (κ3) is 2.40. The molecule has 0 radical (unpaired) electrons. The van der Waals surface area contributed by atoms with Crippen molar-refractivity contribution < 1.29 is 18.3 Å². The summed E-state index contributed by atoms with van der Waals surface area (Å²) < 4.78 is 32.6. The van der Waals surface area contributed by atoms with Gasteiger partial charge in [-0.05, 0) is 18.4 Å². The maximum atomic E-state index is 14.1. The first kappa shape index (κ1) is 13.7. The molecule has 0 saturated heterocycles. The van der Waals surface area contributed by atoms with Crippen LogP contribution in [0.25, 0.3) is 10.8 Å². The summed E-state index contributed by atoms with van der Waals surface area (Å²) in [5, 5.41) is 0.899. The average molecular weight is 285 g/mol. The Morgan fingerprint density at radius 1 is 1.26 bits per heavy atom. The Morgan fingerprint density at radius 2 is 1.89 bits per heavy atom. The molecule has 2 nitrogen and oxygen atoms in total. The van der Waals surface area contributed by atoms with Crippen LogP contribution in [0.3, 0.4) is 0 Å². The Hall–Kier alpha value is -1.68. The summed E-state index contributed by atoms with van der Waals surface area (Å²) >= 11 is 5.96. The number of hydrogen-bond acceptors (Lipinski definition) is 2. The maximum absolute atomic E-state index is 14.1. The molecule has 0 unspecified atom stereocenters. The summed E-state index contributed by atoms with van der Waals surface area (Å²) in [4.78, 5) is 11.4. The second-order valence-electron chi connectivity index (χ2n) is 3.94. The molecule has 0 aliphatic heterocycles. The van der Waals surface area contributed by atoms with Crippen molar-refractivity contribution in [3.63, 3.8) is 0 Å². The molecule has 2 aromatic rings. The highest BCUT2D eigenvalue weighted by atomic mass is 35.5. The van der Waals surface area contributed by atoms with E-state index in [-0.39, 0.29) is 17.0 Å². The van der Waals surface area contributed by atoms with Crippen LogP contribution < -0.4 is 0 Å². The zero-order valence-corrected chi connectivity index (χ0v) is 10.9. The van der Waals surface area contributed by atoms with Gasteiger partial charge in [0.25, 0.3) is 0 Å². The van der Waals surface area contributed by atoms with Crippen LogP contribution >= 0.6 is 11.6 Å². The van der Waals surface area contributed by atoms with E-state index in [9.17, 15) is 13.6 Å². The van der Waals surface area contributed by atoms with Gasteiger partial charge in [-0.15, -0.1) is 0 Å². The van der Waals surface area contributed by atoms with E-state index in [0.29, 0.717) is 5.39 Å². The van der Waals surface area contributed by atoms with E-state index >= 15 is 0 Å². The summed E-state index contributed by atoms with van der Waals surface area (Å²) in [5.74, 6) is -5.29. The minimum absolute atomic E-state index is 0.104. The number of ether oxygens (including phenoxy) is 1. The Balaban J connectivity index is 2.65. The summed E-state index contributed by atoms with van der Waals surface area (Å²) in [5.41, 5.74) is -0.436. The van der Waals surface area contributed by atoms with Crippen LogP contribution in [0.5, 0.6) is 0 Å². The van der Waals surface area contributed by atoms with E-state index in [1.54, 1.807) is 18.2 Å². The number of alkyl halides is 2. The number of esters is 1. The number of halogens is 3. The molecular formula is C14H11ClF2O2. The van der Waals surface area contributed by atoms with E-state index in [1.165, 1.54) is 25.1 Å². The lowest BCUT2D eigenvalue weighted by atomic mass is 9.99. The fourth-order valence-corrected chi connectivity index (χ4v) is 2.17. The Labute approximate surface area is 113 Å². The number of rotatable bonds is 3. The third-order valence-electron chi connectivity index (χ3n) is 2.72. The van der Waals surface area contributed by atoms with E-state index in [1.807, 2.05) is 0 Å². The van der Waals surface area contributed by atoms with Gasteiger partial charge in [-0.1, -0.05) is 41.9 Å². The van der Waals surface area contributed by atoms with Crippen LogP contribution in [-0.2, 0) is 15.5 Å². The molecule has 100 valence electrons. The monoisotopic (exact) mass is 284 g/mol. The summed E-state index contributed by atoms with van der Waals surface area (Å²) in [6.45, 7) is 1.37. The zero-order valence-electron chi connectivity index (χ0n) is 10.1. The number of benzene rings is 2. The van der Waals surface area contributed by atoms with Crippen molar-refractivity contribution in [3.05, 3.63) is 47.0 Å². The quantitative estimate of drug-likeness (QED) is 0.792. The lowest BCUT2D eigenvalue weighted by molar-refractivity contribution is -0.172. The molecular weight excluding hydrogens is 274 g/mol. The minimum Gasteiger partial charge on any atom is -0.461 e. The molecule has 19 heavy (non-hydrogen) atoms. The van der Waals surface area contributed by atoms with Crippen molar-refractivity contribution >= 4 is 28.3 Å². The van der Waals surface area contributed by atoms with Gasteiger partial charge in [-0.3, -0.25) is 0 Å². The molecule has 5 heteroatoms. The molecule has 0 heterocycles. The smallest absolute Gasteiger partial charge is 0.382 e. The predicted molar refractivity (Wildman–Crippen MR) is 69.5 cm³/mol. The highest BCUT2D eigenvalue weighted by Crippen LogP contribution is 2.37. The SMILES string of the molecule is CCOC(=O)C(F)(F)c1cccc2cccc(Cl)c12. The molecule has 0 amide bonds. The fourth-order valence-electron chi connectivity index (χ4n) is 1.89. The molecule has 0 spiro atoms. The molecule has 0 fully saturated rings. The van der Waals surface area contributed by atoms with E-state index < -0.39 is 17.5 Å². The summed E-state index contributed by atoms with van der Waals surface area (Å²) in [7, 11) is 0. The molecule has 0 aliphatic carbocycles. The van der Waals surface area contributed by atoms with Crippen LogP contribution in [0.15, 0.2) is 36.4 Å². The first-order valence-corrected chi connectivity index (χ1v) is 6.09. The number of carbonyl (C=O) groups is 1. The second-order valence-corrected chi connectivity index (χ2v) is 4.35. The number of fused-ring (bicyclic) bond motifs is 1. The highest BCUT2D eigenvalue weighted by molar-refractivity contribution is 6.36. The van der Waals surface area contributed by atoms with Crippen molar-refractivity contribution in [1.82, 2.24) is 0 Å². The van der Waals surface area contributed by atoms with Crippen molar-refractivity contribution in [2.24, 2.45) is 0 Å². The zero-order chi connectivity index (χ0) is 14.0. The van der Waals surface area contributed by atoms with E-state index in [2.05, 4.69) is 4.74 Å². The lowest BCUT2D eigenvalue weighted by Gasteiger charge is -2.17. The van der Waals surface area contributed by atoms with Gasteiger partial charge in [0.2, 0.25) is 0 Å². The fraction of sp³-hybridized carbons (Fsp3) is 0.214. The van der Waals surface area contributed by atoms with Crippen LogP contribution in [0.2, 0.25) is 5.02 Å². The Morgan fingerprint density at radius 3 is 2.53 bits per heavy atom. The summed E-state index contributed by atoms with van der Waals surface area (Å²) in [6.07, 6.45) is 0. The lowest BCUT2D eigenvalue weighted by Crippen LogP contribution is -2.28.